The Morgan fingerprint density at radius 1 is 0.977 bits per heavy atom. The molecule has 0 unspecified atom stereocenters. The second-order valence-electron chi connectivity index (χ2n) is 10.9. The van der Waals surface area contributed by atoms with Crippen LogP contribution in [0.3, 0.4) is 0 Å². The van der Waals surface area contributed by atoms with E-state index in [0.717, 1.165) is 6.42 Å². The van der Waals surface area contributed by atoms with E-state index in [9.17, 15) is 19.8 Å². The second kappa shape index (κ2) is 20.0. The number of rotatable bonds is 25. The Bertz CT molecular complexity index is 969. The number of ether oxygens (including phenoxy) is 7. The molecule has 44 heavy (non-hydrogen) atoms. The average molecular weight is 633 g/mol. The molecule has 5 atom stereocenters. The molecule has 3 heterocycles. The van der Waals surface area contributed by atoms with Crippen LogP contribution in [0.4, 0.5) is 0 Å². The quantitative estimate of drug-likeness (QED) is 0.100. The van der Waals surface area contributed by atoms with Gasteiger partial charge in [0.1, 0.15) is 17.4 Å². The van der Waals surface area contributed by atoms with Crippen molar-refractivity contribution in [3.05, 3.63) is 11.9 Å². The first-order chi connectivity index (χ1) is 21.3. The van der Waals surface area contributed by atoms with E-state index in [0.29, 0.717) is 90.9 Å². The third-order valence-electron chi connectivity index (χ3n) is 7.30. The molecule has 2 fully saturated rings. The number of carboxylic acids is 1. The zero-order chi connectivity index (χ0) is 31.6. The number of fused-ring (bicyclic) bond motifs is 2. The van der Waals surface area contributed by atoms with Gasteiger partial charge in [0.15, 0.2) is 6.29 Å². The van der Waals surface area contributed by atoms with Crippen molar-refractivity contribution < 1.29 is 58.1 Å². The maximum atomic E-state index is 11.8. The van der Waals surface area contributed by atoms with Gasteiger partial charge in [-0.1, -0.05) is 18.6 Å². The fraction of sp³-hybridized carbons (Fsp3) is 0.857. The van der Waals surface area contributed by atoms with E-state index in [2.05, 4.69) is 15.6 Å². The van der Waals surface area contributed by atoms with Crippen molar-refractivity contribution in [1.82, 2.24) is 20.3 Å². The Kier molecular flexibility index (Phi) is 16.4. The molecule has 3 rings (SSSR count). The zero-order valence-electron chi connectivity index (χ0n) is 25.5. The molecule has 1 aromatic rings. The summed E-state index contributed by atoms with van der Waals surface area (Å²) in [5, 5.41) is 40.0. The molecular formula is C28H48N4O12. The molecule has 16 nitrogen and oxygen atoms in total. The van der Waals surface area contributed by atoms with Crippen LogP contribution in [0.2, 0.25) is 0 Å². The molecule has 0 aliphatic carbocycles. The number of carbonyl (C=O) groups excluding carboxylic acids is 1. The Morgan fingerprint density at radius 2 is 1.66 bits per heavy atom. The number of aliphatic hydroxyl groups excluding tert-OH is 2. The molecule has 4 N–H and O–H groups in total. The highest BCUT2D eigenvalue weighted by molar-refractivity contribution is 5.75. The summed E-state index contributed by atoms with van der Waals surface area (Å²) in [7, 11) is 0. The van der Waals surface area contributed by atoms with Crippen LogP contribution in [-0.2, 0) is 55.9 Å². The van der Waals surface area contributed by atoms with Crippen molar-refractivity contribution in [3.8, 4) is 0 Å². The molecule has 2 aliphatic heterocycles. The molecule has 252 valence electrons. The minimum Gasteiger partial charge on any atom is -0.481 e. The number of hydrogen-bond donors (Lipinski definition) is 4. The fourth-order valence-corrected chi connectivity index (χ4v) is 4.70. The molecule has 0 aromatic carbocycles. The van der Waals surface area contributed by atoms with Crippen LogP contribution in [0.5, 0.6) is 0 Å². The van der Waals surface area contributed by atoms with Crippen LogP contribution in [0.25, 0.3) is 0 Å². The number of aliphatic carboxylic acids is 1. The van der Waals surface area contributed by atoms with Gasteiger partial charge in [-0.2, -0.15) is 0 Å². The zero-order valence-corrected chi connectivity index (χ0v) is 25.5. The lowest BCUT2D eigenvalue weighted by molar-refractivity contribution is -0.248. The van der Waals surface area contributed by atoms with Crippen molar-refractivity contribution in [2.45, 2.75) is 76.3 Å². The van der Waals surface area contributed by atoms with Crippen molar-refractivity contribution in [3.63, 3.8) is 0 Å². The van der Waals surface area contributed by atoms with E-state index in [1.165, 1.54) is 0 Å². The SMILES string of the molecule is C[C@H]1[C@H]2OC[C@](COCCOCCOCCOCCn3cc(COCCNC(=O)CCCCCC(=O)O)nn3)(O2)[C@H](O)[C@@H]1O. The number of carboxylic acid groups (broad SMARTS) is 1. The van der Waals surface area contributed by atoms with Crippen LogP contribution in [0, 0.1) is 5.92 Å². The summed E-state index contributed by atoms with van der Waals surface area (Å²) in [5.41, 5.74) is -0.362. The van der Waals surface area contributed by atoms with Gasteiger partial charge >= 0.3 is 5.97 Å². The van der Waals surface area contributed by atoms with E-state index >= 15 is 0 Å². The standard InChI is InChI=1S/C28H48N4O12/c1-21-25(36)26(37)28(20-43-27(21)44-28)19-42-16-15-40-14-13-39-12-11-38-10-8-32-17-22(30-31-32)18-41-9-7-29-23(33)5-3-2-4-6-24(34)35/h17,21,25-27,36-37H,2-16,18-20H2,1H3,(H,29,33)(H,34,35)/t21-,25-,26-,27+,28+/m1/s1. The predicted molar refractivity (Wildman–Crippen MR) is 151 cm³/mol. The van der Waals surface area contributed by atoms with Gasteiger partial charge < -0.3 is 53.8 Å². The number of amides is 1. The van der Waals surface area contributed by atoms with E-state index in [-0.39, 0.29) is 38.1 Å². The Labute approximate surface area is 257 Å². The number of aromatic nitrogens is 3. The maximum absolute atomic E-state index is 11.8. The molecule has 2 saturated heterocycles. The molecule has 0 saturated carbocycles. The summed E-state index contributed by atoms with van der Waals surface area (Å²) < 4.78 is 40.7. The maximum Gasteiger partial charge on any atom is 0.303 e. The lowest BCUT2D eigenvalue weighted by atomic mass is 9.86. The first-order valence-corrected chi connectivity index (χ1v) is 15.2. The van der Waals surface area contributed by atoms with E-state index < -0.39 is 30.1 Å². The number of hydrogen-bond acceptors (Lipinski definition) is 13. The van der Waals surface area contributed by atoms with Gasteiger partial charge in [0.05, 0.1) is 91.5 Å². The largest absolute Gasteiger partial charge is 0.481 e. The summed E-state index contributed by atoms with van der Waals surface area (Å²) in [6.45, 7) is 6.42. The highest BCUT2D eigenvalue weighted by Crippen LogP contribution is 2.39. The summed E-state index contributed by atoms with van der Waals surface area (Å²) in [4.78, 5) is 22.2. The van der Waals surface area contributed by atoms with Crippen LogP contribution in [0.1, 0.15) is 44.7 Å². The van der Waals surface area contributed by atoms with Crippen LogP contribution in [-0.4, -0.2) is 139 Å². The summed E-state index contributed by atoms with van der Waals surface area (Å²) >= 11 is 0. The molecule has 0 spiro atoms. The average Bonchev–Trinajstić information content (AvgIpc) is 3.63. The van der Waals surface area contributed by atoms with Crippen molar-refractivity contribution in [2.24, 2.45) is 5.92 Å². The summed E-state index contributed by atoms with van der Waals surface area (Å²) in [6.07, 6.45) is 1.74. The van der Waals surface area contributed by atoms with Gasteiger partial charge in [0.25, 0.3) is 0 Å². The van der Waals surface area contributed by atoms with Crippen molar-refractivity contribution >= 4 is 11.9 Å². The van der Waals surface area contributed by atoms with Gasteiger partial charge in [0, 0.05) is 25.3 Å². The third kappa shape index (κ3) is 12.6. The first kappa shape index (κ1) is 36.2. The molecule has 2 aliphatic rings. The van der Waals surface area contributed by atoms with E-state index in [1.807, 2.05) is 0 Å². The number of aliphatic hydroxyl groups is 2. The van der Waals surface area contributed by atoms with Gasteiger partial charge in [-0.05, 0) is 12.8 Å². The van der Waals surface area contributed by atoms with Gasteiger partial charge in [-0.3, -0.25) is 9.59 Å². The molecular weight excluding hydrogens is 584 g/mol. The number of nitrogens with zero attached hydrogens (tertiary/aromatic N) is 3. The number of nitrogens with one attached hydrogen (secondary N) is 1. The second-order valence-corrected chi connectivity index (χ2v) is 10.9. The predicted octanol–water partition coefficient (Wildman–Crippen LogP) is -0.504. The van der Waals surface area contributed by atoms with Gasteiger partial charge in [0.2, 0.25) is 5.91 Å². The lowest BCUT2D eigenvalue weighted by Gasteiger charge is -2.41. The van der Waals surface area contributed by atoms with E-state index in [1.54, 1.807) is 17.8 Å². The number of carbonyl (C=O) groups is 2. The molecule has 16 heteroatoms. The molecule has 1 amide bonds. The van der Waals surface area contributed by atoms with Gasteiger partial charge in [-0.15, -0.1) is 5.10 Å². The molecule has 0 radical (unpaired) electrons. The van der Waals surface area contributed by atoms with Crippen LogP contribution < -0.4 is 5.32 Å². The van der Waals surface area contributed by atoms with E-state index in [4.69, 9.17) is 38.3 Å². The Hall–Kier alpha value is -2.28. The smallest absolute Gasteiger partial charge is 0.303 e. The van der Waals surface area contributed by atoms with Gasteiger partial charge in [-0.25, -0.2) is 4.68 Å². The van der Waals surface area contributed by atoms with Crippen LogP contribution in [0.15, 0.2) is 6.20 Å². The minimum absolute atomic E-state index is 0.0706. The van der Waals surface area contributed by atoms with Crippen molar-refractivity contribution in [2.75, 3.05) is 72.6 Å². The van der Waals surface area contributed by atoms with Crippen LogP contribution >= 0.6 is 0 Å². The summed E-state index contributed by atoms with van der Waals surface area (Å²) in [6, 6.07) is 0. The topological polar surface area (TPSA) is 202 Å². The molecule has 2 bridgehead atoms. The Morgan fingerprint density at radius 3 is 2.39 bits per heavy atom. The molecule has 1 aromatic heterocycles. The summed E-state index contributed by atoms with van der Waals surface area (Å²) in [5.74, 6) is -1.18. The number of unbranched alkanes of at least 4 members (excludes halogenated alkanes) is 2. The highest BCUT2D eigenvalue weighted by atomic mass is 16.7. The third-order valence-corrected chi connectivity index (χ3v) is 7.30. The Balaban J connectivity index is 1.07. The lowest BCUT2D eigenvalue weighted by Crippen LogP contribution is -2.60. The highest BCUT2D eigenvalue weighted by Gasteiger charge is 2.57. The monoisotopic (exact) mass is 632 g/mol. The normalized spacial score (nSPS) is 24.5. The first-order valence-electron chi connectivity index (χ1n) is 15.2. The minimum atomic E-state index is -1.07. The van der Waals surface area contributed by atoms with Crippen molar-refractivity contribution in [1.29, 1.82) is 0 Å². The fourth-order valence-electron chi connectivity index (χ4n) is 4.70.